The highest BCUT2D eigenvalue weighted by molar-refractivity contribution is 6.05. The quantitative estimate of drug-likeness (QED) is 0.785. The number of likely N-dealkylation sites (tertiary alicyclic amines) is 1. The van der Waals surface area contributed by atoms with E-state index >= 15 is 0 Å². The molecule has 3 fully saturated rings. The first-order valence-corrected chi connectivity index (χ1v) is 10.8. The smallest absolute Gasteiger partial charge is 0.255 e. The van der Waals surface area contributed by atoms with Gasteiger partial charge in [0.2, 0.25) is 11.8 Å². The van der Waals surface area contributed by atoms with E-state index in [0.29, 0.717) is 24.6 Å². The Hall–Kier alpha value is -2.41. The number of nitrogens with zero attached hydrogens (tertiary/aromatic N) is 2. The fourth-order valence-corrected chi connectivity index (χ4v) is 5.10. The molecule has 1 aromatic carbocycles. The van der Waals surface area contributed by atoms with Gasteiger partial charge >= 0.3 is 0 Å². The lowest BCUT2D eigenvalue weighted by Gasteiger charge is -2.44. The number of fused-ring (bicyclic) bond motifs is 1. The van der Waals surface area contributed by atoms with Gasteiger partial charge in [0, 0.05) is 24.6 Å². The van der Waals surface area contributed by atoms with E-state index in [-0.39, 0.29) is 30.2 Å². The molecule has 0 spiro atoms. The van der Waals surface area contributed by atoms with E-state index in [1.165, 1.54) is 38.8 Å². The van der Waals surface area contributed by atoms with Gasteiger partial charge in [-0.1, -0.05) is 6.42 Å². The van der Waals surface area contributed by atoms with Crippen molar-refractivity contribution in [3.05, 3.63) is 29.3 Å². The highest BCUT2D eigenvalue weighted by Crippen LogP contribution is 2.33. The number of hydrogen-bond donors (Lipinski definition) is 1. The van der Waals surface area contributed by atoms with Crippen LogP contribution in [0.4, 0.5) is 0 Å². The second kappa shape index (κ2) is 7.44. The minimum absolute atomic E-state index is 0.142. The molecule has 0 aromatic heterocycles. The van der Waals surface area contributed by atoms with Crippen LogP contribution in [0.15, 0.2) is 18.2 Å². The van der Waals surface area contributed by atoms with Crippen molar-refractivity contribution >= 4 is 17.7 Å². The average Bonchev–Trinajstić information content (AvgIpc) is 2.98. The first-order chi connectivity index (χ1) is 14.1. The van der Waals surface area contributed by atoms with Gasteiger partial charge in [0.25, 0.3) is 5.91 Å². The molecule has 3 unspecified atom stereocenters. The number of benzene rings is 1. The summed E-state index contributed by atoms with van der Waals surface area (Å²) in [4.78, 5) is 40.6. The predicted molar refractivity (Wildman–Crippen MR) is 105 cm³/mol. The molecule has 1 N–H and O–H groups in total. The Bertz CT molecular complexity index is 850. The number of imide groups is 1. The highest BCUT2D eigenvalue weighted by Gasteiger charge is 2.39. The maximum atomic E-state index is 12.8. The van der Waals surface area contributed by atoms with Crippen molar-refractivity contribution in [1.82, 2.24) is 15.1 Å². The summed E-state index contributed by atoms with van der Waals surface area (Å²) in [5, 5.41) is 2.34. The zero-order chi connectivity index (χ0) is 20.0. The van der Waals surface area contributed by atoms with Crippen molar-refractivity contribution < 1.29 is 19.1 Å². The van der Waals surface area contributed by atoms with E-state index < -0.39 is 6.04 Å². The minimum atomic E-state index is -0.578. The van der Waals surface area contributed by atoms with Gasteiger partial charge in [-0.15, -0.1) is 0 Å². The Labute approximate surface area is 170 Å². The minimum Gasteiger partial charge on any atom is -0.489 e. The maximum Gasteiger partial charge on any atom is 0.255 e. The summed E-state index contributed by atoms with van der Waals surface area (Å²) >= 11 is 0. The summed E-state index contributed by atoms with van der Waals surface area (Å²) in [6.45, 7) is 2.73. The molecule has 0 bridgehead atoms. The van der Waals surface area contributed by atoms with Gasteiger partial charge in [0.1, 0.15) is 17.9 Å². The van der Waals surface area contributed by atoms with Crippen molar-refractivity contribution in [2.24, 2.45) is 0 Å². The molecule has 29 heavy (non-hydrogen) atoms. The zero-order valence-electron chi connectivity index (χ0n) is 16.6. The normalized spacial score (nSPS) is 30.0. The van der Waals surface area contributed by atoms with Crippen LogP contribution in [0.25, 0.3) is 0 Å². The molecule has 3 amide bonds. The monoisotopic (exact) mass is 397 g/mol. The zero-order valence-corrected chi connectivity index (χ0v) is 16.6. The van der Waals surface area contributed by atoms with Gasteiger partial charge in [-0.05, 0) is 69.0 Å². The molecular weight excluding hydrogens is 370 g/mol. The second-order valence-electron chi connectivity index (χ2n) is 8.62. The first kappa shape index (κ1) is 18.6. The van der Waals surface area contributed by atoms with Crippen molar-refractivity contribution in [2.45, 2.75) is 69.7 Å². The number of nitrogens with one attached hydrogen (secondary N) is 1. The van der Waals surface area contributed by atoms with Gasteiger partial charge in [-0.25, -0.2) is 0 Å². The fraction of sp³-hybridized carbons (Fsp3) is 0.591. The maximum absolute atomic E-state index is 12.8. The second-order valence-corrected chi connectivity index (χ2v) is 8.62. The molecule has 3 atom stereocenters. The van der Waals surface area contributed by atoms with E-state index in [0.717, 1.165) is 17.7 Å². The molecule has 0 radical (unpaired) electrons. The third-order valence-corrected chi connectivity index (χ3v) is 6.81. The lowest BCUT2D eigenvalue weighted by Crippen LogP contribution is -2.53. The number of carbonyl (C=O) groups excluding carboxylic acids is 3. The van der Waals surface area contributed by atoms with Gasteiger partial charge in [-0.3, -0.25) is 24.6 Å². The Balaban J connectivity index is 1.30. The van der Waals surface area contributed by atoms with Crippen molar-refractivity contribution in [3.63, 3.8) is 0 Å². The molecule has 1 saturated carbocycles. The molecule has 3 aliphatic heterocycles. The molecule has 7 heteroatoms. The summed E-state index contributed by atoms with van der Waals surface area (Å²) in [6, 6.07) is 5.58. The third kappa shape index (κ3) is 3.41. The van der Waals surface area contributed by atoms with Crippen LogP contribution in [0.5, 0.6) is 5.75 Å². The van der Waals surface area contributed by atoms with Crippen LogP contribution >= 0.6 is 0 Å². The lowest BCUT2D eigenvalue weighted by atomic mass is 9.89. The van der Waals surface area contributed by atoms with E-state index in [1.807, 2.05) is 18.2 Å². The van der Waals surface area contributed by atoms with Crippen LogP contribution in [0.3, 0.4) is 0 Å². The van der Waals surface area contributed by atoms with Crippen molar-refractivity contribution in [2.75, 3.05) is 13.1 Å². The van der Waals surface area contributed by atoms with Gasteiger partial charge in [-0.2, -0.15) is 0 Å². The lowest BCUT2D eigenvalue weighted by molar-refractivity contribution is -0.136. The standard InChI is InChI=1S/C22H27N3O4/c26-20-9-8-18(21(27)23-20)25-13-14-12-15(6-7-16(14)22(25)28)29-19-5-2-1-4-17(19)24-10-3-11-24/h6-7,12,17-19H,1-5,8-11,13H2,(H,23,26,27). The van der Waals surface area contributed by atoms with Gasteiger partial charge in [0.15, 0.2) is 0 Å². The van der Waals surface area contributed by atoms with Crippen LogP contribution in [0.1, 0.15) is 60.9 Å². The molecular formula is C22H27N3O4. The number of ether oxygens (including phenoxy) is 1. The predicted octanol–water partition coefficient (Wildman–Crippen LogP) is 1.84. The molecule has 7 nitrogen and oxygen atoms in total. The number of carbonyl (C=O) groups is 3. The molecule has 1 aliphatic carbocycles. The van der Waals surface area contributed by atoms with E-state index in [1.54, 1.807) is 4.90 Å². The first-order valence-electron chi connectivity index (χ1n) is 10.8. The topological polar surface area (TPSA) is 79.0 Å². The molecule has 154 valence electrons. The van der Waals surface area contributed by atoms with E-state index in [2.05, 4.69) is 10.2 Å². The number of piperidine rings is 1. The largest absolute Gasteiger partial charge is 0.489 e. The third-order valence-electron chi connectivity index (χ3n) is 6.81. The van der Waals surface area contributed by atoms with Crippen molar-refractivity contribution in [1.29, 1.82) is 0 Å². The summed E-state index contributed by atoms with van der Waals surface area (Å²) in [5.41, 5.74) is 1.53. The fourth-order valence-electron chi connectivity index (χ4n) is 5.10. The number of rotatable bonds is 4. The highest BCUT2D eigenvalue weighted by atomic mass is 16.5. The molecule has 3 heterocycles. The average molecular weight is 397 g/mol. The Kier molecular flexibility index (Phi) is 4.78. The molecule has 4 aliphatic rings. The van der Waals surface area contributed by atoms with Gasteiger partial charge in [0.05, 0.1) is 0 Å². The van der Waals surface area contributed by atoms with E-state index in [4.69, 9.17) is 4.74 Å². The Morgan fingerprint density at radius 3 is 2.59 bits per heavy atom. The summed E-state index contributed by atoms with van der Waals surface area (Å²) in [5.74, 6) is 0.0186. The Morgan fingerprint density at radius 1 is 1.00 bits per heavy atom. The van der Waals surface area contributed by atoms with Crippen LogP contribution < -0.4 is 10.1 Å². The van der Waals surface area contributed by atoms with E-state index in [9.17, 15) is 14.4 Å². The SMILES string of the molecule is O=C1CCC(N2Cc3cc(OC4CCCCC4N4CCC4)ccc3C2=O)C(=O)N1. The van der Waals surface area contributed by atoms with Gasteiger partial charge < -0.3 is 9.64 Å². The molecule has 2 saturated heterocycles. The van der Waals surface area contributed by atoms with Crippen LogP contribution in [-0.4, -0.2) is 58.8 Å². The molecule has 1 aromatic rings. The summed E-state index contributed by atoms with van der Waals surface area (Å²) < 4.78 is 6.41. The van der Waals surface area contributed by atoms with Crippen molar-refractivity contribution in [3.8, 4) is 5.75 Å². The number of hydrogen-bond acceptors (Lipinski definition) is 5. The van der Waals surface area contributed by atoms with Crippen LogP contribution in [-0.2, 0) is 16.1 Å². The molecule has 5 rings (SSSR count). The van der Waals surface area contributed by atoms with Crippen LogP contribution in [0, 0.1) is 0 Å². The van der Waals surface area contributed by atoms with Crippen LogP contribution in [0.2, 0.25) is 0 Å². The summed E-state index contributed by atoms with van der Waals surface area (Å²) in [6.07, 6.45) is 6.85. The number of amides is 3. The Morgan fingerprint density at radius 2 is 1.83 bits per heavy atom. The summed E-state index contributed by atoms with van der Waals surface area (Å²) in [7, 11) is 0.